The Hall–Kier alpha value is -1.32. The van der Waals surface area contributed by atoms with Crippen LogP contribution in [0.15, 0.2) is 12.5 Å². The average Bonchev–Trinajstić information content (AvgIpc) is 1.90. The number of carbonyl (C=O) groups is 1. The molecule has 0 unspecified atom stereocenters. The lowest BCUT2D eigenvalue weighted by atomic mass is 10.3. The van der Waals surface area contributed by atoms with Crippen LogP contribution in [-0.4, -0.2) is 21.0 Å². The predicted molar refractivity (Wildman–Crippen MR) is 29.8 cm³/mol. The van der Waals surface area contributed by atoms with Gasteiger partial charge in [0.05, 0.1) is 6.20 Å². The molecule has 1 rings (SSSR count). The third-order valence-corrected chi connectivity index (χ3v) is 0.856. The molecule has 1 heterocycles. The van der Waals surface area contributed by atoms with Crippen LogP contribution >= 0.6 is 0 Å². The molecule has 9 heavy (non-hydrogen) atoms. The maximum absolute atomic E-state index is 10.5. The number of hydrogen-bond acceptors (Lipinski definition) is 4. The molecule has 1 aromatic rings. The molecule has 0 fully saturated rings. The highest BCUT2D eigenvalue weighted by atomic mass is 16.1. The molecule has 0 spiro atoms. The highest BCUT2D eigenvalue weighted by Gasteiger charge is 1.96. The average molecular weight is 123 g/mol. The monoisotopic (exact) mass is 123 g/mol. The molecule has 0 aliphatic heterocycles. The summed E-state index contributed by atoms with van der Waals surface area (Å²) in [5, 5.41) is 6.89. The van der Waals surface area contributed by atoms with Crippen molar-refractivity contribution in [1.82, 2.24) is 15.2 Å². The van der Waals surface area contributed by atoms with Gasteiger partial charge in [-0.05, 0) is 0 Å². The Morgan fingerprint density at radius 2 is 2.33 bits per heavy atom. The zero-order chi connectivity index (χ0) is 6.69. The van der Waals surface area contributed by atoms with Gasteiger partial charge in [-0.15, -0.1) is 5.10 Å². The summed E-state index contributed by atoms with van der Waals surface area (Å²) >= 11 is 0. The summed E-state index contributed by atoms with van der Waals surface area (Å²) in [5.41, 5.74) is 0.352. The van der Waals surface area contributed by atoms with Crippen LogP contribution in [0.2, 0.25) is 0 Å². The van der Waals surface area contributed by atoms with Gasteiger partial charge >= 0.3 is 0 Å². The third-order valence-electron chi connectivity index (χ3n) is 0.856. The topological polar surface area (TPSA) is 55.7 Å². The molecule has 1 aromatic heterocycles. The van der Waals surface area contributed by atoms with Crippen LogP contribution in [0, 0.1) is 0 Å². The van der Waals surface area contributed by atoms with E-state index < -0.39 is 0 Å². The lowest BCUT2D eigenvalue weighted by molar-refractivity contribution is 0.101. The quantitative estimate of drug-likeness (QED) is 0.496. The van der Waals surface area contributed by atoms with Crippen molar-refractivity contribution in [3.8, 4) is 0 Å². The molecule has 0 bridgehead atoms. The Morgan fingerprint density at radius 1 is 1.56 bits per heavy atom. The van der Waals surface area contributed by atoms with Crippen LogP contribution in [0.25, 0.3) is 0 Å². The van der Waals surface area contributed by atoms with Crippen LogP contribution < -0.4 is 0 Å². The normalized spacial score (nSPS) is 9.00. The highest BCUT2D eigenvalue weighted by Crippen LogP contribution is 1.87. The first-order valence-corrected chi connectivity index (χ1v) is 2.44. The van der Waals surface area contributed by atoms with Gasteiger partial charge in [0.1, 0.15) is 12.0 Å². The first-order chi connectivity index (χ1) is 4.30. The van der Waals surface area contributed by atoms with Gasteiger partial charge in [0.15, 0.2) is 5.78 Å². The van der Waals surface area contributed by atoms with Crippen molar-refractivity contribution in [2.45, 2.75) is 6.92 Å². The van der Waals surface area contributed by atoms with Crippen LogP contribution in [0.5, 0.6) is 0 Å². The fourth-order valence-electron chi connectivity index (χ4n) is 0.421. The summed E-state index contributed by atoms with van der Waals surface area (Å²) in [4.78, 5) is 14.2. The second-order valence-electron chi connectivity index (χ2n) is 1.55. The lowest BCUT2D eigenvalue weighted by Gasteiger charge is -1.86. The van der Waals surface area contributed by atoms with E-state index in [2.05, 4.69) is 15.2 Å². The summed E-state index contributed by atoms with van der Waals surface area (Å²) < 4.78 is 0. The number of rotatable bonds is 1. The van der Waals surface area contributed by atoms with E-state index in [0.717, 1.165) is 0 Å². The minimum Gasteiger partial charge on any atom is -0.293 e. The van der Waals surface area contributed by atoms with Crippen molar-refractivity contribution in [2.75, 3.05) is 0 Å². The van der Waals surface area contributed by atoms with Gasteiger partial charge in [0, 0.05) is 6.92 Å². The van der Waals surface area contributed by atoms with E-state index in [1.807, 2.05) is 0 Å². The molecular formula is C5H5N3O. The molecule has 0 radical (unpaired) electrons. The van der Waals surface area contributed by atoms with Crippen molar-refractivity contribution >= 4 is 5.78 Å². The van der Waals surface area contributed by atoms with E-state index in [1.54, 1.807) is 0 Å². The van der Waals surface area contributed by atoms with Gasteiger partial charge in [0.25, 0.3) is 0 Å². The maximum atomic E-state index is 10.5. The van der Waals surface area contributed by atoms with Crippen molar-refractivity contribution in [1.29, 1.82) is 0 Å². The van der Waals surface area contributed by atoms with E-state index in [1.165, 1.54) is 19.4 Å². The van der Waals surface area contributed by atoms with Crippen molar-refractivity contribution in [2.24, 2.45) is 0 Å². The van der Waals surface area contributed by atoms with Gasteiger partial charge < -0.3 is 0 Å². The number of hydrogen-bond donors (Lipinski definition) is 0. The van der Waals surface area contributed by atoms with Crippen molar-refractivity contribution in [3.63, 3.8) is 0 Å². The largest absolute Gasteiger partial charge is 0.293 e. The SMILES string of the molecule is CC(=O)c1cnncn1. The molecule has 0 N–H and O–H groups in total. The Morgan fingerprint density at radius 3 is 2.67 bits per heavy atom. The highest BCUT2D eigenvalue weighted by molar-refractivity contribution is 5.91. The Labute approximate surface area is 52.0 Å². The molecule has 0 saturated carbocycles. The Balaban J connectivity index is 2.98. The van der Waals surface area contributed by atoms with E-state index in [9.17, 15) is 4.79 Å². The number of ketones is 1. The Bertz CT molecular complexity index is 209. The molecular weight excluding hydrogens is 118 g/mol. The summed E-state index contributed by atoms with van der Waals surface area (Å²) in [5.74, 6) is -0.0927. The second kappa shape index (κ2) is 2.30. The smallest absolute Gasteiger partial charge is 0.179 e. The van der Waals surface area contributed by atoms with Crippen LogP contribution in [0.3, 0.4) is 0 Å². The number of carbonyl (C=O) groups excluding carboxylic acids is 1. The number of aromatic nitrogens is 3. The second-order valence-corrected chi connectivity index (χ2v) is 1.55. The molecule has 0 aromatic carbocycles. The molecule has 0 amide bonds. The third kappa shape index (κ3) is 1.28. The van der Waals surface area contributed by atoms with Crippen LogP contribution in [0.1, 0.15) is 17.4 Å². The first kappa shape index (κ1) is 5.81. The van der Waals surface area contributed by atoms with Gasteiger partial charge in [0.2, 0.25) is 0 Å². The van der Waals surface area contributed by atoms with Crippen molar-refractivity contribution < 1.29 is 4.79 Å². The molecule has 4 nitrogen and oxygen atoms in total. The first-order valence-electron chi connectivity index (χ1n) is 2.44. The standard InChI is InChI=1S/C5H5N3O/c1-4(9)5-2-7-8-3-6-5/h2-3H,1H3. The summed E-state index contributed by atoms with van der Waals surface area (Å²) in [6.07, 6.45) is 2.58. The maximum Gasteiger partial charge on any atom is 0.179 e. The zero-order valence-corrected chi connectivity index (χ0v) is 4.90. The van der Waals surface area contributed by atoms with Crippen LogP contribution in [0.4, 0.5) is 0 Å². The summed E-state index contributed by atoms with van der Waals surface area (Å²) in [6, 6.07) is 0. The van der Waals surface area contributed by atoms with Gasteiger partial charge in [-0.1, -0.05) is 0 Å². The minimum absolute atomic E-state index is 0.0927. The van der Waals surface area contributed by atoms with Crippen molar-refractivity contribution in [3.05, 3.63) is 18.2 Å². The number of nitrogens with zero attached hydrogens (tertiary/aromatic N) is 3. The van der Waals surface area contributed by atoms with Gasteiger partial charge in [-0.3, -0.25) is 4.79 Å². The molecule has 0 atom stereocenters. The minimum atomic E-state index is -0.0927. The van der Waals surface area contributed by atoms with Gasteiger partial charge in [-0.2, -0.15) is 5.10 Å². The number of Topliss-reactive ketones (excluding diaryl/α,β-unsaturated/α-hetero) is 1. The summed E-state index contributed by atoms with van der Waals surface area (Å²) in [7, 11) is 0. The Kier molecular flexibility index (Phi) is 1.48. The fraction of sp³-hybridized carbons (Fsp3) is 0.200. The molecule has 0 aliphatic rings. The molecule has 46 valence electrons. The van der Waals surface area contributed by atoms with E-state index in [-0.39, 0.29) is 5.78 Å². The molecule has 0 aliphatic carbocycles. The fourth-order valence-corrected chi connectivity index (χ4v) is 0.421. The van der Waals surface area contributed by atoms with E-state index >= 15 is 0 Å². The zero-order valence-electron chi connectivity index (χ0n) is 4.90. The lowest BCUT2D eigenvalue weighted by Crippen LogP contribution is -1.97. The molecule has 4 heteroatoms. The van der Waals surface area contributed by atoms with Gasteiger partial charge in [-0.25, -0.2) is 4.98 Å². The van der Waals surface area contributed by atoms with E-state index in [4.69, 9.17) is 0 Å². The predicted octanol–water partition coefficient (Wildman–Crippen LogP) is 0.0742. The summed E-state index contributed by atoms with van der Waals surface area (Å²) in [6.45, 7) is 1.43. The molecule has 0 saturated heterocycles. The van der Waals surface area contributed by atoms with E-state index in [0.29, 0.717) is 5.69 Å². The van der Waals surface area contributed by atoms with Crippen LogP contribution in [-0.2, 0) is 0 Å².